The van der Waals surface area contributed by atoms with Crippen LogP contribution in [0.2, 0.25) is 0 Å². The Labute approximate surface area is 195 Å². The summed E-state index contributed by atoms with van der Waals surface area (Å²) in [5, 5.41) is 21.2. The number of aliphatic hydroxyl groups is 1. The Balaban J connectivity index is 1.79. The van der Waals surface area contributed by atoms with Gasteiger partial charge in [-0.2, -0.15) is 0 Å². The molecule has 2 N–H and O–H groups in total. The Kier molecular flexibility index (Phi) is 6.58. The molecule has 2 aromatic carbocycles. The van der Waals surface area contributed by atoms with Crippen molar-refractivity contribution in [3.05, 3.63) is 95.1 Å². The molecule has 8 heteroatoms. The van der Waals surface area contributed by atoms with Gasteiger partial charge in [-0.25, -0.2) is 4.39 Å². The van der Waals surface area contributed by atoms with E-state index in [1.807, 2.05) is 0 Å². The standard InChI is InChI=1S/C26H23FN2O5/c1-2-34-21-15-18(5-8-20(21)30)23-22(24(31)17-9-12-28-13-10-17)25(32)26(33)29(23)14-11-16-3-6-19(27)7-4-16/h3-10,12-13,15,23,30-31H,2,11,14H2,1H3/b24-22-. The van der Waals surface area contributed by atoms with E-state index in [0.717, 1.165) is 5.56 Å². The lowest BCUT2D eigenvalue weighted by molar-refractivity contribution is -0.139. The predicted molar refractivity (Wildman–Crippen MR) is 123 cm³/mol. The molecule has 1 saturated heterocycles. The molecule has 174 valence electrons. The molecule has 1 fully saturated rings. The summed E-state index contributed by atoms with van der Waals surface area (Å²) in [5.41, 5.74) is 1.57. The lowest BCUT2D eigenvalue weighted by Gasteiger charge is -2.26. The number of amides is 1. The van der Waals surface area contributed by atoms with Crippen LogP contribution in [0.1, 0.15) is 29.7 Å². The minimum absolute atomic E-state index is 0.0663. The number of hydrogen-bond acceptors (Lipinski definition) is 6. The van der Waals surface area contributed by atoms with Crippen LogP contribution >= 0.6 is 0 Å². The van der Waals surface area contributed by atoms with Gasteiger partial charge in [-0.05, 0) is 60.9 Å². The number of ether oxygens (including phenoxy) is 1. The Morgan fingerprint density at radius 3 is 2.47 bits per heavy atom. The number of phenols is 1. The average molecular weight is 462 g/mol. The third-order valence-electron chi connectivity index (χ3n) is 5.65. The molecule has 0 radical (unpaired) electrons. The Morgan fingerprint density at radius 1 is 1.09 bits per heavy atom. The summed E-state index contributed by atoms with van der Waals surface area (Å²) in [7, 11) is 0. The van der Waals surface area contributed by atoms with E-state index in [-0.39, 0.29) is 35.2 Å². The third-order valence-corrected chi connectivity index (χ3v) is 5.65. The number of rotatable bonds is 7. The van der Waals surface area contributed by atoms with Gasteiger partial charge in [0.1, 0.15) is 11.6 Å². The van der Waals surface area contributed by atoms with Crippen molar-refractivity contribution in [2.24, 2.45) is 0 Å². The molecule has 34 heavy (non-hydrogen) atoms. The number of Topliss-reactive ketones (excluding diaryl/α,β-unsaturated/α-hetero) is 1. The van der Waals surface area contributed by atoms with Gasteiger partial charge < -0.3 is 19.8 Å². The molecule has 1 aliphatic rings. The number of aromatic nitrogens is 1. The van der Waals surface area contributed by atoms with Crippen molar-refractivity contribution < 1.29 is 28.9 Å². The Bertz CT molecular complexity index is 1240. The quantitative estimate of drug-likeness (QED) is 0.313. The Hall–Kier alpha value is -4.20. The molecule has 1 aliphatic heterocycles. The van der Waals surface area contributed by atoms with Gasteiger partial charge in [0.25, 0.3) is 11.7 Å². The zero-order chi connectivity index (χ0) is 24.2. The van der Waals surface area contributed by atoms with Crippen LogP contribution in [0.4, 0.5) is 4.39 Å². The molecular formula is C26H23FN2O5. The van der Waals surface area contributed by atoms with E-state index in [9.17, 15) is 24.2 Å². The summed E-state index contributed by atoms with van der Waals surface area (Å²) >= 11 is 0. The number of carbonyl (C=O) groups is 2. The first-order chi connectivity index (χ1) is 16.4. The first-order valence-corrected chi connectivity index (χ1v) is 10.8. The highest BCUT2D eigenvalue weighted by Crippen LogP contribution is 2.41. The zero-order valence-corrected chi connectivity index (χ0v) is 18.4. The minimum Gasteiger partial charge on any atom is -0.507 e. The number of nitrogens with zero attached hydrogens (tertiary/aromatic N) is 2. The number of pyridine rings is 1. The number of carbonyl (C=O) groups excluding carboxylic acids is 2. The summed E-state index contributed by atoms with van der Waals surface area (Å²) in [5.74, 6) is -2.13. The lowest BCUT2D eigenvalue weighted by Crippen LogP contribution is -2.31. The van der Waals surface area contributed by atoms with Crippen LogP contribution in [0.5, 0.6) is 11.5 Å². The van der Waals surface area contributed by atoms with Crippen molar-refractivity contribution in [1.82, 2.24) is 9.88 Å². The van der Waals surface area contributed by atoms with Crippen molar-refractivity contribution in [1.29, 1.82) is 0 Å². The summed E-state index contributed by atoms with van der Waals surface area (Å²) in [6.07, 6.45) is 3.32. The highest BCUT2D eigenvalue weighted by atomic mass is 19.1. The molecule has 1 aromatic heterocycles. The lowest BCUT2D eigenvalue weighted by atomic mass is 9.95. The van der Waals surface area contributed by atoms with Gasteiger partial charge in [-0.3, -0.25) is 14.6 Å². The summed E-state index contributed by atoms with van der Waals surface area (Å²) < 4.78 is 18.8. The number of phenolic OH excluding ortho intramolecular Hbond substituents is 1. The highest BCUT2D eigenvalue weighted by molar-refractivity contribution is 6.46. The molecule has 1 atom stereocenters. The van der Waals surface area contributed by atoms with Crippen LogP contribution in [-0.2, 0) is 16.0 Å². The van der Waals surface area contributed by atoms with E-state index in [1.54, 1.807) is 43.3 Å². The fourth-order valence-corrected chi connectivity index (χ4v) is 4.00. The molecule has 0 bridgehead atoms. The molecule has 2 heterocycles. The topological polar surface area (TPSA) is 100.0 Å². The molecule has 0 saturated carbocycles. The number of likely N-dealkylation sites (tertiary alicyclic amines) is 1. The second kappa shape index (κ2) is 9.74. The number of aliphatic hydroxyl groups excluding tert-OH is 1. The third kappa shape index (κ3) is 4.47. The number of hydrogen-bond donors (Lipinski definition) is 2. The van der Waals surface area contributed by atoms with Crippen LogP contribution in [0.25, 0.3) is 5.76 Å². The van der Waals surface area contributed by atoms with E-state index < -0.39 is 17.7 Å². The fourth-order valence-electron chi connectivity index (χ4n) is 4.00. The second-order valence-electron chi connectivity index (χ2n) is 7.77. The SMILES string of the molecule is CCOc1cc(C2/C(=C(/O)c3ccncc3)C(=O)C(=O)N2CCc2ccc(F)cc2)ccc1O. The fraction of sp³-hybridized carbons (Fsp3) is 0.192. The maximum absolute atomic E-state index is 13.3. The molecule has 7 nitrogen and oxygen atoms in total. The van der Waals surface area contributed by atoms with Crippen LogP contribution < -0.4 is 4.74 Å². The van der Waals surface area contributed by atoms with Crippen LogP contribution in [0.3, 0.4) is 0 Å². The van der Waals surface area contributed by atoms with Gasteiger partial charge in [-0.15, -0.1) is 0 Å². The first-order valence-electron chi connectivity index (χ1n) is 10.8. The molecule has 3 aromatic rings. The number of halogens is 1. The average Bonchev–Trinajstić information content (AvgIpc) is 3.10. The van der Waals surface area contributed by atoms with Gasteiger partial charge in [0.05, 0.1) is 18.2 Å². The normalized spacial score (nSPS) is 17.2. The van der Waals surface area contributed by atoms with Crippen molar-refractivity contribution in [2.45, 2.75) is 19.4 Å². The molecular weight excluding hydrogens is 439 g/mol. The van der Waals surface area contributed by atoms with Crippen LogP contribution in [0.15, 0.2) is 72.6 Å². The maximum atomic E-state index is 13.3. The molecule has 1 unspecified atom stereocenters. The van der Waals surface area contributed by atoms with Crippen LogP contribution in [0, 0.1) is 5.82 Å². The van der Waals surface area contributed by atoms with Crippen molar-refractivity contribution in [3.8, 4) is 11.5 Å². The van der Waals surface area contributed by atoms with Crippen LogP contribution in [-0.4, -0.2) is 44.9 Å². The number of benzene rings is 2. The minimum atomic E-state index is -0.909. The molecule has 1 amide bonds. The Morgan fingerprint density at radius 2 is 1.79 bits per heavy atom. The summed E-state index contributed by atoms with van der Waals surface area (Å²) in [4.78, 5) is 31.5. The highest BCUT2D eigenvalue weighted by Gasteiger charge is 2.46. The summed E-state index contributed by atoms with van der Waals surface area (Å²) in [6.45, 7) is 2.22. The summed E-state index contributed by atoms with van der Waals surface area (Å²) in [6, 6.07) is 12.6. The van der Waals surface area contributed by atoms with E-state index in [2.05, 4.69) is 4.98 Å². The van der Waals surface area contributed by atoms with E-state index in [1.165, 1.54) is 35.5 Å². The van der Waals surface area contributed by atoms with Gasteiger partial charge in [0, 0.05) is 24.5 Å². The van der Waals surface area contributed by atoms with Crippen molar-refractivity contribution in [3.63, 3.8) is 0 Å². The van der Waals surface area contributed by atoms with Crippen molar-refractivity contribution in [2.75, 3.05) is 13.2 Å². The molecule has 0 aliphatic carbocycles. The van der Waals surface area contributed by atoms with Gasteiger partial charge in [0.2, 0.25) is 0 Å². The second-order valence-corrected chi connectivity index (χ2v) is 7.77. The van der Waals surface area contributed by atoms with Gasteiger partial charge in [-0.1, -0.05) is 18.2 Å². The van der Waals surface area contributed by atoms with E-state index >= 15 is 0 Å². The monoisotopic (exact) mass is 462 g/mol. The van der Waals surface area contributed by atoms with Crippen molar-refractivity contribution >= 4 is 17.4 Å². The van der Waals surface area contributed by atoms with E-state index in [0.29, 0.717) is 24.2 Å². The van der Waals surface area contributed by atoms with Gasteiger partial charge >= 0.3 is 0 Å². The van der Waals surface area contributed by atoms with E-state index in [4.69, 9.17) is 4.74 Å². The molecule has 0 spiro atoms. The zero-order valence-electron chi connectivity index (χ0n) is 18.4. The largest absolute Gasteiger partial charge is 0.507 e. The predicted octanol–water partition coefficient (Wildman–Crippen LogP) is 3.99. The maximum Gasteiger partial charge on any atom is 0.295 e. The molecule has 4 rings (SSSR count). The first kappa shape index (κ1) is 23.0. The number of aromatic hydroxyl groups is 1. The smallest absolute Gasteiger partial charge is 0.295 e. The number of ketones is 1. The van der Waals surface area contributed by atoms with Gasteiger partial charge in [0.15, 0.2) is 11.5 Å².